The predicted molar refractivity (Wildman–Crippen MR) is 84.5 cm³/mol. The van der Waals surface area contributed by atoms with Crippen molar-refractivity contribution in [2.45, 2.75) is 6.61 Å². The summed E-state index contributed by atoms with van der Waals surface area (Å²) in [6, 6.07) is 6.91. The molecule has 0 fully saturated rings. The van der Waals surface area contributed by atoms with Crippen LogP contribution in [0.5, 0.6) is 5.75 Å². The Bertz CT molecular complexity index is 684. The number of aromatic carboxylic acids is 1. The van der Waals surface area contributed by atoms with Gasteiger partial charge in [-0.1, -0.05) is 17.7 Å². The van der Waals surface area contributed by atoms with Crippen LogP contribution in [0.4, 0.5) is 4.39 Å². The minimum atomic E-state index is -1.04. The molecule has 1 N–H and O–H groups in total. The summed E-state index contributed by atoms with van der Waals surface area (Å²) in [7, 11) is 0. The summed E-state index contributed by atoms with van der Waals surface area (Å²) in [5.74, 6) is -1.01. The fourth-order valence-corrected chi connectivity index (χ4v) is 3.25. The first-order chi connectivity index (χ1) is 9.88. The third-order valence-electron chi connectivity index (χ3n) is 2.63. The van der Waals surface area contributed by atoms with Gasteiger partial charge in [-0.2, -0.15) is 0 Å². The Morgan fingerprint density at radius 3 is 2.38 bits per heavy atom. The zero-order valence-electron chi connectivity index (χ0n) is 10.4. The summed E-state index contributed by atoms with van der Waals surface area (Å²) in [5.41, 5.74) is 0.750. The van der Waals surface area contributed by atoms with E-state index in [0.717, 1.165) is 0 Å². The second-order valence-corrected chi connectivity index (χ2v) is 6.21. The van der Waals surface area contributed by atoms with E-state index in [-0.39, 0.29) is 17.2 Å². The molecule has 0 aromatic heterocycles. The van der Waals surface area contributed by atoms with E-state index >= 15 is 0 Å². The molecule has 0 aliphatic heterocycles. The number of carboxylic acids is 1. The minimum absolute atomic E-state index is 0.126. The van der Waals surface area contributed by atoms with Crippen molar-refractivity contribution in [3.63, 3.8) is 0 Å². The Labute approximate surface area is 141 Å². The van der Waals surface area contributed by atoms with Crippen molar-refractivity contribution in [1.82, 2.24) is 0 Å². The Kier molecular flexibility index (Phi) is 5.24. The number of ether oxygens (including phenoxy) is 1. The smallest absolute Gasteiger partial charge is 0.335 e. The maximum absolute atomic E-state index is 13.0. The molecule has 0 radical (unpaired) electrons. The Balaban J connectivity index is 2.22. The highest BCUT2D eigenvalue weighted by atomic mass is 79.9. The second kappa shape index (κ2) is 6.77. The first-order valence-electron chi connectivity index (χ1n) is 5.67. The van der Waals surface area contributed by atoms with Gasteiger partial charge < -0.3 is 9.84 Å². The van der Waals surface area contributed by atoms with E-state index in [4.69, 9.17) is 21.4 Å². The third kappa shape index (κ3) is 3.96. The normalized spacial score (nSPS) is 10.5. The van der Waals surface area contributed by atoms with E-state index in [1.807, 2.05) is 0 Å². The number of rotatable bonds is 4. The van der Waals surface area contributed by atoms with Crippen molar-refractivity contribution in [2.24, 2.45) is 0 Å². The Morgan fingerprint density at radius 2 is 1.86 bits per heavy atom. The summed E-state index contributed by atoms with van der Waals surface area (Å²) in [6.45, 7) is 0.128. The standard InChI is InChI=1S/C14H8Br2ClFO3/c15-10-3-8(14(19)20)4-11(16)13(10)21-6-7-1-2-9(18)5-12(7)17/h1-5H,6H2,(H,19,20). The van der Waals surface area contributed by atoms with E-state index < -0.39 is 11.8 Å². The molecule has 0 saturated carbocycles. The van der Waals surface area contributed by atoms with Crippen molar-refractivity contribution in [3.05, 3.63) is 61.2 Å². The van der Waals surface area contributed by atoms with Crippen molar-refractivity contribution in [2.75, 3.05) is 0 Å². The van der Waals surface area contributed by atoms with E-state index in [1.165, 1.54) is 30.3 Å². The predicted octanol–water partition coefficient (Wildman–Crippen LogP) is 5.28. The van der Waals surface area contributed by atoms with Crippen LogP contribution < -0.4 is 4.74 Å². The molecular formula is C14H8Br2ClFO3. The molecule has 21 heavy (non-hydrogen) atoms. The molecule has 2 rings (SSSR count). The molecule has 0 heterocycles. The van der Waals surface area contributed by atoms with Crippen LogP contribution in [0.25, 0.3) is 0 Å². The zero-order chi connectivity index (χ0) is 15.6. The van der Waals surface area contributed by atoms with Crippen molar-refractivity contribution in [1.29, 1.82) is 0 Å². The summed E-state index contributed by atoms with van der Waals surface area (Å²) in [4.78, 5) is 10.9. The number of halogens is 4. The van der Waals surface area contributed by atoms with E-state index in [0.29, 0.717) is 20.3 Å². The maximum Gasteiger partial charge on any atom is 0.335 e. The minimum Gasteiger partial charge on any atom is -0.486 e. The molecule has 0 saturated heterocycles. The van der Waals surface area contributed by atoms with Gasteiger partial charge in [0.2, 0.25) is 0 Å². The molecule has 0 amide bonds. The molecule has 0 aliphatic rings. The van der Waals surface area contributed by atoms with Crippen LogP contribution in [0.15, 0.2) is 39.3 Å². The number of benzene rings is 2. The number of hydrogen-bond donors (Lipinski definition) is 1. The maximum atomic E-state index is 13.0. The fraction of sp³-hybridized carbons (Fsp3) is 0.0714. The summed E-state index contributed by atoms with van der Waals surface area (Å²) >= 11 is 12.4. The summed E-state index contributed by atoms with van der Waals surface area (Å²) in [6.07, 6.45) is 0. The zero-order valence-corrected chi connectivity index (χ0v) is 14.3. The van der Waals surface area contributed by atoms with Gasteiger partial charge >= 0.3 is 5.97 Å². The summed E-state index contributed by atoms with van der Waals surface area (Å²) < 4.78 is 19.6. The van der Waals surface area contributed by atoms with Gasteiger partial charge in [-0.3, -0.25) is 0 Å². The lowest BCUT2D eigenvalue weighted by Crippen LogP contribution is -2.01. The van der Waals surface area contributed by atoms with E-state index in [2.05, 4.69) is 31.9 Å². The lowest BCUT2D eigenvalue weighted by molar-refractivity contribution is 0.0696. The first-order valence-corrected chi connectivity index (χ1v) is 7.64. The van der Waals surface area contributed by atoms with Gasteiger partial charge in [0.05, 0.1) is 19.5 Å². The average molecular weight is 438 g/mol. The average Bonchev–Trinajstić information content (AvgIpc) is 2.39. The molecular weight excluding hydrogens is 430 g/mol. The molecule has 0 spiro atoms. The quantitative estimate of drug-likeness (QED) is 0.707. The van der Waals surface area contributed by atoms with Gasteiger partial charge in [-0.05, 0) is 56.1 Å². The molecule has 2 aromatic rings. The van der Waals surface area contributed by atoms with Gasteiger partial charge in [0.25, 0.3) is 0 Å². The van der Waals surface area contributed by atoms with Crippen LogP contribution in [0.3, 0.4) is 0 Å². The topological polar surface area (TPSA) is 46.5 Å². The number of carbonyl (C=O) groups is 1. The lowest BCUT2D eigenvalue weighted by Gasteiger charge is -2.12. The van der Waals surface area contributed by atoms with E-state index in [1.54, 1.807) is 0 Å². The third-order valence-corrected chi connectivity index (χ3v) is 4.16. The largest absolute Gasteiger partial charge is 0.486 e. The van der Waals surface area contributed by atoms with Gasteiger partial charge in [0.1, 0.15) is 18.2 Å². The van der Waals surface area contributed by atoms with Crippen molar-refractivity contribution in [3.8, 4) is 5.75 Å². The molecule has 0 atom stereocenters. The molecule has 0 aliphatic carbocycles. The molecule has 2 aromatic carbocycles. The molecule has 0 unspecified atom stereocenters. The van der Waals surface area contributed by atoms with Crippen molar-refractivity contribution >= 4 is 49.4 Å². The fourth-order valence-electron chi connectivity index (χ4n) is 1.61. The van der Waals surface area contributed by atoms with Gasteiger partial charge in [-0.25, -0.2) is 9.18 Å². The van der Waals surface area contributed by atoms with Crippen molar-refractivity contribution < 1.29 is 19.0 Å². The van der Waals surface area contributed by atoms with Crippen LogP contribution in [0.1, 0.15) is 15.9 Å². The molecule has 0 bridgehead atoms. The highest BCUT2D eigenvalue weighted by Crippen LogP contribution is 2.35. The van der Waals surface area contributed by atoms with Crippen LogP contribution >= 0.6 is 43.5 Å². The Hall–Kier alpha value is -1.11. The highest BCUT2D eigenvalue weighted by Gasteiger charge is 2.13. The highest BCUT2D eigenvalue weighted by molar-refractivity contribution is 9.11. The molecule has 3 nitrogen and oxygen atoms in total. The first kappa shape index (κ1) is 16.3. The number of carboxylic acid groups (broad SMARTS) is 1. The van der Waals surface area contributed by atoms with Crippen LogP contribution in [-0.4, -0.2) is 11.1 Å². The van der Waals surface area contributed by atoms with Gasteiger partial charge in [-0.15, -0.1) is 0 Å². The Morgan fingerprint density at radius 1 is 1.24 bits per heavy atom. The van der Waals surface area contributed by atoms with Crippen LogP contribution in [-0.2, 0) is 6.61 Å². The van der Waals surface area contributed by atoms with Crippen LogP contribution in [0.2, 0.25) is 5.02 Å². The summed E-state index contributed by atoms with van der Waals surface area (Å²) in [5, 5.41) is 9.23. The van der Waals surface area contributed by atoms with Crippen LogP contribution in [0, 0.1) is 5.82 Å². The number of hydrogen-bond acceptors (Lipinski definition) is 2. The SMILES string of the molecule is O=C(O)c1cc(Br)c(OCc2ccc(F)cc2Cl)c(Br)c1. The second-order valence-electron chi connectivity index (χ2n) is 4.10. The molecule has 7 heteroatoms. The van der Waals surface area contributed by atoms with E-state index in [9.17, 15) is 9.18 Å². The monoisotopic (exact) mass is 436 g/mol. The lowest BCUT2D eigenvalue weighted by atomic mass is 10.2. The van der Waals surface area contributed by atoms with Gasteiger partial charge in [0, 0.05) is 5.56 Å². The van der Waals surface area contributed by atoms with Gasteiger partial charge in [0.15, 0.2) is 0 Å². The molecule has 110 valence electrons.